The molecule has 0 fully saturated rings. The Bertz CT molecular complexity index is 1040. The number of carbonyl (C=O) groups excluding carboxylic acids is 1. The van der Waals surface area contributed by atoms with Crippen molar-refractivity contribution >= 4 is 11.7 Å². The molecule has 0 unspecified atom stereocenters. The third kappa shape index (κ3) is 3.69. The van der Waals surface area contributed by atoms with Crippen molar-refractivity contribution < 1.29 is 4.79 Å². The SMILES string of the molecule is C[C@H](CNC(=O)c1cc(-c2ccccc2)nc2ncnn12)Cn1cccn1. The summed E-state index contributed by atoms with van der Waals surface area (Å²) in [5.41, 5.74) is 2.01. The van der Waals surface area contributed by atoms with Gasteiger partial charge in [-0.2, -0.15) is 19.7 Å². The zero-order chi connectivity index (χ0) is 18.6. The molecule has 0 aliphatic carbocycles. The highest BCUT2D eigenvalue weighted by Gasteiger charge is 2.16. The summed E-state index contributed by atoms with van der Waals surface area (Å²) in [4.78, 5) is 21.4. The fourth-order valence-electron chi connectivity index (χ4n) is 2.88. The molecule has 0 bridgehead atoms. The number of carbonyl (C=O) groups is 1. The number of nitrogens with one attached hydrogen (secondary N) is 1. The van der Waals surface area contributed by atoms with Crippen LogP contribution < -0.4 is 5.32 Å². The summed E-state index contributed by atoms with van der Waals surface area (Å²) in [7, 11) is 0. The lowest BCUT2D eigenvalue weighted by molar-refractivity contribution is 0.0939. The molecule has 27 heavy (non-hydrogen) atoms. The zero-order valence-electron chi connectivity index (χ0n) is 14.9. The minimum Gasteiger partial charge on any atom is -0.350 e. The predicted molar refractivity (Wildman–Crippen MR) is 99.9 cm³/mol. The van der Waals surface area contributed by atoms with E-state index in [0.29, 0.717) is 23.7 Å². The van der Waals surface area contributed by atoms with Crippen LogP contribution in [-0.2, 0) is 6.54 Å². The lowest BCUT2D eigenvalue weighted by atomic mass is 10.1. The highest BCUT2D eigenvalue weighted by atomic mass is 16.2. The minimum absolute atomic E-state index is 0.211. The summed E-state index contributed by atoms with van der Waals surface area (Å²) in [6.45, 7) is 3.32. The van der Waals surface area contributed by atoms with Gasteiger partial charge in [-0.3, -0.25) is 9.48 Å². The molecule has 0 aliphatic rings. The van der Waals surface area contributed by atoms with Gasteiger partial charge in [0, 0.05) is 31.0 Å². The van der Waals surface area contributed by atoms with Crippen LogP contribution >= 0.6 is 0 Å². The van der Waals surface area contributed by atoms with Gasteiger partial charge in [-0.05, 0) is 18.1 Å². The van der Waals surface area contributed by atoms with Crippen LogP contribution in [0.15, 0.2) is 61.2 Å². The summed E-state index contributed by atoms with van der Waals surface area (Å²) < 4.78 is 3.31. The maximum atomic E-state index is 12.8. The zero-order valence-corrected chi connectivity index (χ0v) is 14.9. The summed E-state index contributed by atoms with van der Waals surface area (Å²) in [5.74, 6) is 0.416. The Hall–Kier alpha value is -3.55. The minimum atomic E-state index is -0.211. The third-order valence-electron chi connectivity index (χ3n) is 4.22. The molecular weight excluding hydrogens is 342 g/mol. The highest BCUT2D eigenvalue weighted by Crippen LogP contribution is 2.18. The van der Waals surface area contributed by atoms with E-state index in [1.807, 2.05) is 47.3 Å². The van der Waals surface area contributed by atoms with Gasteiger partial charge >= 0.3 is 0 Å². The summed E-state index contributed by atoms with van der Waals surface area (Å²) in [5, 5.41) is 11.3. The average Bonchev–Trinajstić information content (AvgIpc) is 3.37. The molecule has 1 N–H and O–H groups in total. The molecule has 3 aromatic heterocycles. The van der Waals surface area contributed by atoms with Gasteiger partial charge in [0.25, 0.3) is 11.7 Å². The number of nitrogens with zero attached hydrogens (tertiary/aromatic N) is 6. The van der Waals surface area contributed by atoms with E-state index in [0.717, 1.165) is 12.1 Å². The van der Waals surface area contributed by atoms with Crippen LogP contribution in [0.1, 0.15) is 17.4 Å². The quantitative estimate of drug-likeness (QED) is 0.568. The predicted octanol–water partition coefficient (Wildman–Crippen LogP) is 2.05. The molecule has 8 nitrogen and oxygen atoms in total. The Kier molecular flexibility index (Phi) is 4.61. The van der Waals surface area contributed by atoms with Gasteiger partial charge in [0.05, 0.1) is 5.69 Å². The van der Waals surface area contributed by atoms with Crippen LogP contribution in [0.2, 0.25) is 0 Å². The van der Waals surface area contributed by atoms with Crippen molar-refractivity contribution in [2.75, 3.05) is 6.54 Å². The lowest BCUT2D eigenvalue weighted by Crippen LogP contribution is -2.31. The molecule has 0 aliphatic heterocycles. The van der Waals surface area contributed by atoms with E-state index in [4.69, 9.17) is 0 Å². The molecule has 1 atom stereocenters. The summed E-state index contributed by atoms with van der Waals surface area (Å²) in [6.07, 6.45) is 5.05. The Morgan fingerprint density at radius 1 is 1.19 bits per heavy atom. The lowest BCUT2D eigenvalue weighted by Gasteiger charge is -2.13. The van der Waals surface area contributed by atoms with E-state index in [1.165, 1.54) is 10.8 Å². The Morgan fingerprint density at radius 3 is 2.81 bits per heavy atom. The van der Waals surface area contributed by atoms with Gasteiger partial charge in [-0.15, -0.1) is 0 Å². The Balaban J connectivity index is 1.55. The molecular formula is C19H19N7O. The maximum absolute atomic E-state index is 12.8. The van der Waals surface area contributed by atoms with Crippen molar-refractivity contribution in [3.05, 3.63) is 66.9 Å². The summed E-state index contributed by atoms with van der Waals surface area (Å²) >= 11 is 0. The molecule has 0 spiro atoms. The normalized spacial score (nSPS) is 12.2. The number of amides is 1. The Morgan fingerprint density at radius 2 is 2.04 bits per heavy atom. The maximum Gasteiger partial charge on any atom is 0.270 e. The van der Waals surface area contributed by atoms with Crippen LogP contribution in [0.5, 0.6) is 0 Å². The molecule has 0 saturated heterocycles. The number of benzene rings is 1. The van der Waals surface area contributed by atoms with E-state index in [2.05, 4.69) is 32.4 Å². The van der Waals surface area contributed by atoms with Crippen LogP contribution in [0.25, 0.3) is 17.0 Å². The van der Waals surface area contributed by atoms with Crippen molar-refractivity contribution in [3.63, 3.8) is 0 Å². The van der Waals surface area contributed by atoms with Crippen LogP contribution in [0, 0.1) is 5.92 Å². The largest absolute Gasteiger partial charge is 0.350 e. The van der Waals surface area contributed by atoms with Crippen LogP contribution in [0.3, 0.4) is 0 Å². The van der Waals surface area contributed by atoms with E-state index >= 15 is 0 Å². The average molecular weight is 361 g/mol. The molecule has 0 saturated carbocycles. The van der Waals surface area contributed by atoms with Crippen LogP contribution in [-0.4, -0.2) is 41.8 Å². The van der Waals surface area contributed by atoms with Crippen molar-refractivity contribution in [3.8, 4) is 11.3 Å². The van der Waals surface area contributed by atoms with Gasteiger partial charge in [0.2, 0.25) is 0 Å². The van der Waals surface area contributed by atoms with Gasteiger partial charge in [-0.25, -0.2) is 4.98 Å². The second kappa shape index (κ2) is 7.36. The second-order valence-electron chi connectivity index (χ2n) is 6.41. The monoisotopic (exact) mass is 361 g/mol. The van der Waals surface area contributed by atoms with Gasteiger partial charge < -0.3 is 5.32 Å². The first-order valence-electron chi connectivity index (χ1n) is 8.72. The summed E-state index contributed by atoms with van der Waals surface area (Å²) in [6, 6.07) is 13.3. The molecule has 1 aromatic carbocycles. The molecule has 3 heterocycles. The number of hydrogen-bond donors (Lipinski definition) is 1. The van der Waals surface area contributed by atoms with Crippen molar-refractivity contribution in [1.82, 2.24) is 34.7 Å². The fraction of sp³-hybridized carbons (Fsp3) is 0.211. The molecule has 4 rings (SSSR count). The van der Waals surface area contributed by atoms with E-state index in [-0.39, 0.29) is 11.8 Å². The van der Waals surface area contributed by atoms with Crippen molar-refractivity contribution in [2.24, 2.45) is 5.92 Å². The topological polar surface area (TPSA) is 90.0 Å². The Labute approximate surface area is 155 Å². The van der Waals surface area contributed by atoms with Crippen LogP contribution in [0.4, 0.5) is 0 Å². The van der Waals surface area contributed by atoms with Gasteiger partial charge in [0.15, 0.2) is 0 Å². The van der Waals surface area contributed by atoms with Gasteiger partial charge in [0.1, 0.15) is 12.0 Å². The fourth-order valence-corrected chi connectivity index (χ4v) is 2.88. The van der Waals surface area contributed by atoms with E-state index < -0.39 is 0 Å². The molecule has 0 radical (unpaired) electrons. The first-order valence-corrected chi connectivity index (χ1v) is 8.72. The molecule has 4 aromatic rings. The first kappa shape index (κ1) is 16.9. The molecule has 1 amide bonds. The standard InChI is InChI=1S/C19H19N7O/c1-14(12-25-9-5-8-22-25)11-20-18(27)17-10-16(15-6-3-2-4-7-15)24-19-21-13-23-26(17)19/h2-10,13-14H,11-12H2,1H3,(H,20,27)/t14-/m1/s1. The molecule has 136 valence electrons. The van der Waals surface area contributed by atoms with Gasteiger partial charge in [-0.1, -0.05) is 37.3 Å². The number of aromatic nitrogens is 6. The van der Waals surface area contributed by atoms with Crippen molar-refractivity contribution in [1.29, 1.82) is 0 Å². The smallest absolute Gasteiger partial charge is 0.270 e. The molecule has 8 heteroatoms. The number of fused-ring (bicyclic) bond motifs is 1. The van der Waals surface area contributed by atoms with E-state index in [1.54, 1.807) is 12.3 Å². The highest BCUT2D eigenvalue weighted by molar-refractivity contribution is 5.94. The third-order valence-corrected chi connectivity index (χ3v) is 4.22. The first-order chi connectivity index (χ1) is 13.2. The number of rotatable bonds is 6. The van der Waals surface area contributed by atoms with E-state index in [9.17, 15) is 4.79 Å². The second-order valence-corrected chi connectivity index (χ2v) is 6.41. The number of hydrogen-bond acceptors (Lipinski definition) is 5. The van der Waals surface area contributed by atoms with Crippen molar-refractivity contribution in [2.45, 2.75) is 13.5 Å².